The lowest BCUT2D eigenvalue weighted by Crippen LogP contribution is -2.53. The molecule has 0 radical (unpaired) electrons. The van der Waals surface area contributed by atoms with E-state index in [9.17, 15) is 4.79 Å². The molecule has 1 saturated heterocycles. The molecule has 2 rings (SSSR count). The van der Waals surface area contributed by atoms with Crippen LogP contribution in [0, 0.1) is 17.8 Å². The van der Waals surface area contributed by atoms with Crippen LogP contribution in [0.4, 0.5) is 0 Å². The van der Waals surface area contributed by atoms with Gasteiger partial charge in [-0.15, -0.1) is 0 Å². The molecule has 2 aliphatic rings. The highest BCUT2D eigenvalue weighted by Gasteiger charge is 2.31. The van der Waals surface area contributed by atoms with Crippen LogP contribution in [-0.2, 0) is 4.79 Å². The first kappa shape index (κ1) is 14.8. The second-order valence-electron chi connectivity index (χ2n) is 6.94. The Morgan fingerprint density at radius 3 is 2.63 bits per heavy atom. The molecule has 110 valence electrons. The van der Waals surface area contributed by atoms with Crippen LogP contribution in [0.1, 0.15) is 59.3 Å². The van der Waals surface area contributed by atoms with Crippen molar-refractivity contribution in [1.29, 1.82) is 0 Å². The van der Waals surface area contributed by atoms with Gasteiger partial charge in [-0.05, 0) is 50.0 Å². The summed E-state index contributed by atoms with van der Waals surface area (Å²) in [5.74, 6) is 2.25. The number of piperidine rings is 1. The highest BCUT2D eigenvalue weighted by atomic mass is 16.2. The van der Waals surface area contributed by atoms with Gasteiger partial charge in [-0.2, -0.15) is 0 Å². The first-order valence-electron chi connectivity index (χ1n) is 8.11. The Hall–Kier alpha value is -0.570. The lowest BCUT2D eigenvalue weighted by atomic mass is 9.77. The quantitative estimate of drug-likeness (QED) is 0.824. The molecule has 1 amide bonds. The lowest BCUT2D eigenvalue weighted by Gasteiger charge is -2.36. The summed E-state index contributed by atoms with van der Waals surface area (Å²) in [6, 6.07) is 0.443. The van der Waals surface area contributed by atoms with Gasteiger partial charge >= 0.3 is 0 Å². The van der Waals surface area contributed by atoms with Crippen LogP contribution in [0.3, 0.4) is 0 Å². The van der Waals surface area contributed by atoms with Crippen LogP contribution in [0.5, 0.6) is 0 Å². The number of carbonyl (C=O) groups excluding carboxylic acids is 1. The van der Waals surface area contributed by atoms with E-state index in [4.69, 9.17) is 0 Å². The van der Waals surface area contributed by atoms with Gasteiger partial charge in [-0.1, -0.05) is 33.6 Å². The number of hydrogen-bond donors (Lipinski definition) is 2. The molecule has 2 N–H and O–H groups in total. The van der Waals surface area contributed by atoms with E-state index < -0.39 is 0 Å². The average Bonchev–Trinajstić information content (AvgIpc) is 2.39. The molecule has 19 heavy (non-hydrogen) atoms. The molecule has 3 heteroatoms. The van der Waals surface area contributed by atoms with Crippen molar-refractivity contribution in [2.24, 2.45) is 17.8 Å². The van der Waals surface area contributed by atoms with Gasteiger partial charge in [0.2, 0.25) is 5.91 Å². The molecule has 3 nitrogen and oxygen atoms in total. The lowest BCUT2D eigenvalue weighted by molar-refractivity contribution is -0.125. The smallest absolute Gasteiger partial charge is 0.237 e. The second kappa shape index (κ2) is 6.74. The van der Waals surface area contributed by atoms with Crippen LogP contribution in [0.15, 0.2) is 0 Å². The Labute approximate surface area is 117 Å². The largest absolute Gasteiger partial charge is 0.352 e. The van der Waals surface area contributed by atoms with E-state index in [0.717, 1.165) is 19.4 Å². The van der Waals surface area contributed by atoms with Gasteiger partial charge in [0.25, 0.3) is 0 Å². The Morgan fingerprint density at radius 2 is 1.95 bits per heavy atom. The average molecular weight is 266 g/mol. The Balaban J connectivity index is 1.89. The maximum atomic E-state index is 12.4. The fraction of sp³-hybridized carbons (Fsp3) is 0.938. The van der Waals surface area contributed by atoms with E-state index in [1.807, 2.05) is 0 Å². The van der Waals surface area contributed by atoms with Crippen LogP contribution in [0.25, 0.3) is 0 Å². The molecule has 1 saturated carbocycles. The van der Waals surface area contributed by atoms with Gasteiger partial charge in [-0.25, -0.2) is 0 Å². The number of hydrogen-bond acceptors (Lipinski definition) is 2. The van der Waals surface area contributed by atoms with E-state index in [0.29, 0.717) is 23.8 Å². The predicted octanol–water partition coefficient (Wildman–Crippen LogP) is 2.71. The van der Waals surface area contributed by atoms with Crippen molar-refractivity contribution in [3.63, 3.8) is 0 Å². The third kappa shape index (κ3) is 3.95. The van der Waals surface area contributed by atoms with Crippen molar-refractivity contribution >= 4 is 5.91 Å². The van der Waals surface area contributed by atoms with Gasteiger partial charge in [0.05, 0.1) is 6.04 Å². The number of carbonyl (C=O) groups is 1. The van der Waals surface area contributed by atoms with Crippen molar-refractivity contribution in [3.05, 3.63) is 0 Å². The Morgan fingerprint density at radius 1 is 1.21 bits per heavy atom. The molecule has 0 aromatic carbocycles. The van der Waals surface area contributed by atoms with Crippen molar-refractivity contribution < 1.29 is 4.79 Å². The van der Waals surface area contributed by atoms with Crippen molar-refractivity contribution in [1.82, 2.24) is 10.6 Å². The zero-order chi connectivity index (χ0) is 13.8. The highest BCUT2D eigenvalue weighted by Crippen LogP contribution is 2.30. The minimum atomic E-state index is 0.0403. The minimum absolute atomic E-state index is 0.0403. The number of amides is 1. The Bertz CT molecular complexity index is 303. The van der Waals surface area contributed by atoms with Crippen LogP contribution in [0.2, 0.25) is 0 Å². The maximum absolute atomic E-state index is 12.4. The summed E-state index contributed by atoms with van der Waals surface area (Å²) in [4.78, 5) is 12.4. The van der Waals surface area contributed by atoms with Crippen LogP contribution in [-0.4, -0.2) is 24.5 Å². The summed E-state index contributed by atoms with van der Waals surface area (Å²) in [6.45, 7) is 7.81. The topological polar surface area (TPSA) is 41.1 Å². The van der Waals surface area contributed by atoms with E-state index in [1.54, 1.807) is 0 Å². The molecule has 1 heterocycles. The fourth-order valence-corrected chi connectivity index (χ4v) is 3.73. The van der Waals surface area contributed by atoms with Crippen molar-refractivity contribution in [2.75, 3.05) is 6.54 Å². The normalized spacial score (nSPS) is 36.2. The zero-order valence-corrected chi connectivity index (χ0v) is 12.7. The van der Waals surface area contributed by atoms with E-state index in [1.165, 1.54) is 25.7 Å². The minimum Gasteiger partial charge on any atom is -0.352 e. The monoisotopic (exact) mass is 266 g/mol. The van der Waals surface area contributed by atoms with Gasteiger partial charge in [0.15, 0.2) is 0 Å². The summed E-state index contributed by atoms with van der Waals surface area (Å²) in [7, 11) is 0. The molecule has 4 unspecified atom stereocenters. The summed E-state index contributed by atoms with van der Waals surface area (Å²) < 4.78 is 0. The zero-order valence-electron chi connectivity index (χ0n) is 12.7. The van der Waals surface area contributed by atoms with Gasteiger partial charge in [-0.3, -0.25) is 4.79 Å². The van der Waals surface area contributed by atoms with Gasteiger partial charge in [0, 0.05) is 6.04 Å². The highest BCUT2D eigenvalue weighted by molar-refractivity contribution is 5.82. The molecular weight excluding hydrogens is 236 g/mol. The maximum Gasteiger partial charge on any atom is 0.237 e. The number of rotatable bonds is 3. The third-order valence-electron chi connectivity index (χ3n) is 4.99. The van der Waals surface area contributed by atoms with Crippen molar-refractivity contribution in [2.45, 2.75) is 71.4 Å². The van der Waals surface area contributed by atoms with Crippen molar-refractivity contribution in [3.8, 4) is 0 Å². The van der Waals surface area contributed by atoms with E-state index >= 15 is 0 Å². The number of nitrogens with one attached hydrogen (secondary N) is 2. The molecule has 0 aromatic heterocycles. The van der Waals surface area contributed by atoms with Crippen LogP contribution < -0.4 is 10.6 Å². The first-order chi connectivity index (χ1) is 9.08. The molecular formula is C16H30N2O. The summed E-state index contributed by atoms with van der Waals surface area (Å²) in [5, 5.41) is 6.71. The molecule has 4 atom stereocenters. The molecule has 0 spiro atoms. The SMILES string of the molecule is CC1CCNC(C(=O)NC2CCCCC2C(C)C)C1. The molecule has 0 aromatic rings. The fourth-order valence-electron chi connectivity index (χ4n) is 3.73. The summed E-state index contributed by atoms with van der Waals surface area (Å²) in [6.07, 6.45) is 7.22. The molecule has 1 aliphatic heterocycles. The summed E-state index contributed by atoms with van der Waals surface area (Å²) >= 11 is 0. The van der Waals surface area contributed by atoms with Gasteiger partial charge in [0.1, 0.15) is 0 Å². The van der Waals surface area contributed by atoms with Crippen LogP contribution >= 0.6 is 0 Å². The second-order valence-corrected chi connectivity index (χ2v) is 6.94. The Kier molecular flexibility index (Phi) is 5.26. The molecule has 0 bridgehead atoms. The predicted molar refractivity (Wildman–Crippen MR) is 78.9 cm³/mol. The first-order valence-corrected chi connectivity index (χ1v) is 8.11. The molecule has 1 aliphatic carbocycles. The van der Waals surface area contributed by atoms with Gasteiger partial charge < -0.3 is 10.6 Å². The summed E-state index contributed by atoms with van der Waals surface area (Å²) in [5.41, 5.74) is 0. The van der Waals surface area contributed by atoms with E-state index in [2.05, 4.69) is 31.4 Å². The molecule has 2 fully saturated rings. The third-order valence-corrected chi connectivity index (χ3v) is 4.99. The standard InChI is InChI=1S/C16H30N2O/c1-11(2)13-6-4-5-7-14(13)18-16(19)15-10-12(3)8-9-17-15/h11-15,17H,4-10H2,1-3H3,(H,18,19). The van der Waals surface area contributed by atoms with E-state index in [-0.39, 0.29) is 11.9 Å².